The molecule has 13 rings (SSSR count). The lowest BCUT2D eigenvalue weighted by Gasteiger charge is -2.18. The first kappa shape index (κ1) is 32.3. The van der Waals surface area contributed by atoms with Gasteiger partial charge in [0.1, 0.15) is 0 Å². The number of fused-ring (bicyclic) bond motifs is 14. The van der Waals surface area contributed by atoms with Crippen molar-refractivity contribution in [3.8, 4) is 33.4 Å². The molecule has 0 aliphatic carbocycles. The van der Waals surface area contributed by atoms with Crippen molar-refractivity contribution in [2.24, 2.45) is 0 Å². The summed E-state index contributed by atoms with van der Waals surface area (Å²) in [5.74, 6) is 0. The minimum atomic E-state index is 1.24. The van der Waals surface area contributed by atoms with Crippen molar-refractivity contribution in [1.82, 2.24) is 0 Å². The van der Waals surface area contributed by atoms with Crippen LogP contribution in [0.2, 0.25) is 0 Å². The minimum Gasteiger partial charge on any atom is -0.134 e. The lowest BCUT2D eigenvalue weighted by atomic mass is 9.85. The van der Waals surface area contributed by atoms with Crippen LogP contribution < -0.4 is 0 Å². The molecule has 2 heterocycles. The van der Waals surface area contributed by atoms with Gasteiger partial charge in [0.2, 0.25) is 0 Å². The Morgan fingerprint density at radius 3 is 1.34 bits per heavy atom. The Morgan fingerprint density at radius 1 is 0.241 bits per heavy atom. The molecule has 0 saturated heterocycles. The van der Waals surface area contributed by atoms with Crippen LogP contribution in [0.1, 0.15) is 0 Å². The fourth-order valence-corrected chi connectivity index (χ4v) is 12.3. The predicted molar refractivity (Wildman–Crippen MR) is 256 cm³/mol. The zero-order valence-corrected chi connectivity index (χ0v) is 32.9. The second kappa shape index (κ2) is 12.3. The van der Waals surface area contributed by atoms with Crippen molar-refractivity contribution < 1.29 is 0 Å². The summed E-state index contributed by atoms with van der Waals surface area (Å²) in [5.41, 5.74) is 7.56. The summed E-state index contributed by atoms with van der Waals surface area (Å²) in [7, 11) is 0. The zero-order valence-electron chi connectivity index (χ0n) is 31.3. The van der Waals surface area contributed by atoms with E-state index < -0.39 is 0 Å². The first-order chi connectivity index (χ1) is 28.7. The zero-order chi connectivity index (χ0) is 37.9. The van der Waals surface area contributed by atoms with Crippen LogP contribution in [0.4, 0.5) is 0 Å². The maximum absolute atomic E-state index is 2.44. The van der Waals surface area contributed by atoms with Gasteiger partial charge in [-0.1, -0.05) is 158 Å². The Morgan fingerprint density at radius 2 is 0.672 bits per heavy atom. The molecular weight excluding hydrogens is 737 g/mol. The number of hydrogen-bond donors (Lipinski definition) is 0. The van der Waals surface area contributed by atoms with Crippen molar-refractivity contribution in [2.45, 2.75) is 0 Å². The molecule has 0 aliphatic rings. The summed E-state index contributed by atoms with van der Waals surface area (Å²) in [6, 6.07) is 72.5. The Bertz CT molecular complexity index is 3800. The van der Waals surface area contributed by atoms with Gasteiger partial charge in [0, 0.05) is 45.7 Å². The smallest absolute Gasteiger partial charge is 0.0455 e. The van der Waals surface area contributed by atoms with Gasteiger partial charge in [-0.05, 0) is 118 Å². The van der Waals surface area contributed by atoms with Crippen LogP contribution in [0.25, 0.3) is 128 Å². The van der Waals surface area contributed by atoms with Crippen LogP contribution in [0.3, 0.4) is 0 Å². The fourth-order valence-electron chi connectivity index (χ4n) is 9.76. The summed E-state index contributed by atoms with van der Waals surface area (Å²) in [6.07, 6.45) is 0. The van der Waals surface area contributed by atoms with E-state index in [1.165, 1.54) is 128 Å². The quantitative estimate of drug-likeness (QED) is 0.157. The average molecular weight is 769 g/mol. The van der Waals surface area contributed by atoms with E-state index in [0.717, 1.165) is 0 Å². The first-order valence-electron chi connectivity index (χ1n) is 19.9. The van der Waals surface area contributed by atoms with Gasteiger partial charge in [0.05, 0.1) is 0 Å². The van der Waals surface area contributed by atoms with Crippen molar-refractivity contribution in [3.05, 3.63) is 194 Å². The monoisotopic (exact) mass is 768 g/mol. The Balaban J connectivity index is 0.965. The maximum atomic E-state index is 2.44. The molecule has 0 nitrogen and oxygen atoms in total. The highest BCUT2D eigenvalue weighted by molar-refractivity contribution is 7.30. The Labute approximate surface area is 342 Å². The van der Waals surface area contributed by atoms with E-state index in [1.54, 1.807) is 0 Å². The number of thiophene rings is 2. The molecule has 268 valence electrons. The topological polar surface area (TPSA) is 0 Å². The standard InChI is InChI=1S/C56H32S2/c1-2-12-34-30-39(25-21-33(34)11-1)51-41-13-3-5-15-43(41)52(44-16-6-4-14-42(44)51)40-26-24-35-29-36(22-23-37(35)31-40)38-27-28-50-48(32-38)53-45-17-7-8-18-46(45)55-54(56(53)58-50)47-19-9-10-20-49(47)57-55/h1-32H. The van der Waals surface area contributed by atoms with Gasteiger partial charge >= 0.3 is 0 Å². The third kappa shape index (κ3) is 4.68. The maximum Gasteiger partial charge on any atom is 0.0455 e. The minimum absolute atomic E-state index is 1.24. The molecule has 2 heteroatoms. The highest BCUT2D eigenvalue weighted by Crippen LogP contribution is 2.50. The average Bonchev–Trinajstić information content (AvgIpc) is 3.87. The van der Waals surface area contributed by atoms with E-state index in [0.29, 0.717) is 0 Å². The summed E-state index contributed by atoms with van der Waals surface area (Å²) in [5, 5.41) is 18.3. The van der Waals surface area contributed by atoms with Crippen molar-refractivity contribution in [1.29, 1.82) is 0 Å². The lowest BCUT2D eigenvalue weighted by molar-refractivity contribution is 1.67. The third-order valence-corrected chi connectivity index (χ3v) is 14.8. The third-order valence-electron chi connectivity index (χ3n) is 12.4. The van der Waals surface area contributed by atoms with Crippen LogP contribution in [-0.2, 0) is 0 Å². The van der Waals surface area contributed by atoms with Gasteiger partial charge in [-0.15, -0.1) is 22.7 Å². The summed E-state index contributed by atoms with van der Waals surface area (Å²) < 4.78 is 5.48. The van der Waals surface area contributed by atoms with E-state index in [9.17, 15) is 0 Å². The Kier molecular flexibility index (Phi) is 6.86. The molecule has 0 unspecified atom stereocenters. The highest BCUT2D eigenvalue weighted by atomic mass is 32.1. The lowest BCUT2D eigenvalue weighted by Crippen LogP contribution is -1.91. The molecule has 0 bridgehead atoms. The molecule has 0 atom stereocenters. The van der Waals surface area contributed by atoms with Gasteiger partial charge in [-0.25, -0.2) is 0 Å². The molecule has 2 aromatic heterocycles. The summed E-state index contributed by atoms with van der Waals surface area (Å²) >= 11 is 3.86. The number of rotatable bonds is 3. The largest absolute Gasteiger partial charge is 0.134 e. The van der Waals surface area contributed by atoms with E-state index in [1.807, 2.05) is 22.7 Å². The Hall–Kier alpha value is -6.84. The van der Waals surface area contributed by atoms with Crippen LogP contribution in [0.5, 0.6) is 0 Å². The van der Waals surface area contributed by atoms with E-state index in [4.69, 9.17) is 0 Å². The molecule has 0 amide bonds. The fraction of sp³-hybridized carbons (Fsp3) is 0. The summed E-state index contributed by atoms with van der Waals surface area (Å²) in [4.78, 5) is 0. The SMILES string of the molecule is c1ccc2cc(-c3c4ccccc4c(-c4ccc5cc(-c6ccc7sc8c(c7c6)c6ccccc6c6sc7ccccc7c68)ccc5c4)c4ccccc34)ccc2c1. The molecule has 11 aromatic carbocycles. The van der Waals surface area contributed by atoms with Gasteiger partial charge < -0.3 is 0 Å². The van der Waals surface area contributed by atoms with Crippen LogP contribution in [0, 0.1) is 0 Å². The van der Waals surface area contributed by atoms with E-state index in [2.05, 4.69) is 194 Å². The van der Waals surface area contributed by atoms with Gasteiger partial charge in [0.15, 0.2) is 0 Å². The highest BCUT2D eigenvalue weighted by Gasteiger charge is 2.20. The van der Waals surface area contributed by atoms with Crippen LogP contribution >= 0.6 is 22.7 Å². The van der Waals surface area contributed by atoms with Crippen molar-refractivity contribution >= 4 is 117 Å². The molecule has 0 N–H and O–H groups in total. The van der Waals surface area contributed by atoms with Crippen LogP contribution in [0.15, 0.2) is 194 Å². The molecule has 0 fully saturated rings. The molecular formula is C56H32S2. The predicted octanol–water partition coefficient (Wildman–Crippen LogP) is 17.2. The van der Waals surface area contributed by atoms with Crippen LogP contribution in [-0.4, -0.2) is 0 Å². The molecule has 58 heavy (non-hydrogen) atoms. The molecule has 13 aromatic rings. The van der Waals surface area contributed by atoms with Gasteiger partial charge in [-0.3, -0.25) is 0 Å². The number of hydrogen-bond acceptors (Lipinski definition) is 2. The van der Waals surface area contributed by atoms with E-state index in [-0.39, 0.29) is 0 Å². The van der Waals surface area contributed by atoms with Crippen molar-refractivity contribution in [3.63, 3.8) is 0 Å². The molecule has 0 spiro atoms. The van der Waals surface area contributed by atoms with Gasteiger partial charge in [-0.2, -0.15) is 0 Å². The van der Waals surface area contributed by atoms with E-state index >= 15 is 0 Å². The second-order valence-electron chi connectivity index (χ2n) is 15.5. The normalized spacial score (nSPS) is 12.1. The van der Waals surface area contributed by atoms with Gasteiger partial charge in [0.25, 0.3) is 0 Å². The van der Waals surface area contributed by atoms with Crippen molar-refractivity contribution in [2.75, 3.05) is 0 Å². The summed E-state index contributed by atoms with van der Waals surface area (Å²) in [6.45, 7) is 0. The molecule has 0 aliphatic heterocycles. The number of benzene rings is 11. The molecule has 0 radical (unpaired) electrons. The first-order valence-corrected chi connectivity index (χ1v) is 21.5. The molecule has 0 saturated carbocycles. The second-order valence-corrected chi connectivity index (χ2v) is 17.6.